The molecule has 106 valence electrons. The van der Waals surface area contributed by atoms with E-state index in [9.17, 15) is 4.79 Å². The maximum Gasteiger partial charge on any atom is 0.253 e. The van der Waals surface area contributed by atoms with Crippen molar-refractivity contribution in [1.29, 1.82) is 0 Å². The minimum absolute atomic E-state index is 0.116. The normalized spacial score (nSPS) is 11.9. The van der Waals surface area contributed by atoms with Crippen LogP contribution in [-0.4, -0.2) is 19.0 Å². The lowest BCUT2D eigenvalue weighted by atomic mass is 10.1. The Bertz CT molecular complexity index is 581. The zero-order valence-electron chi connectivity index (χ0n) is 11.6. The lowest BCUT2D eigenvalue weighted by molar-refractivity contribution is 0.0964. The Morgan fingerprint density at radius 3 is 2.85 bits per heavy atom. The van der Waals surface area contributed by atoms with Gasteiger partial charge in [-0.05, 0) is 53.9 Å². The van der Waals surface area contributed by atoms with E-state index in [4.69, 9.17) is 5.73 Å². The van der Waals surface area contributed by atoms with Crippen LogP contribution in [-0.2, 0) is 6.42 Å². The zero-order chi connectivity index (χ0) is 14.5. The van der Waals surface area contributed by atoms with Crippen LogP contribution in [0.1, 0.15) is 22.8 Å². The number of nitrogens with two attached hydrogens (primary N) is 1. The molecule has 1 atom stereocenters. The number of thiophene rings is 1. The van der Waals surface area contributed by atoms with Crippen molar-refractivity contribution < 1.29 is 4.79 Å². The predicted molar refractivity (Wildman–Crippen MR) is 85.4 cm³/mol. The van der Waals surface area contributed by atoms with Gasteiger partial charge in [-0.25, -0.2) is 0 Å². The maximum atomic E-state index is 11.9. The third-order valence-electron chi connectivity index (χ3n) is 3.04. The van der Waals surface area contributed by atoms with Crippen molar-refractivity contribution >= 4 is 28.6 Å². The van der Waals surface area contributed by atoms with Gasteiger partial charge in [-0.15, -0.1) is 0 Å². The molecule has 4 nitrogen and oxygen atoms in total. The average Bonchev–Trinajstić information content (AvgIpc) is 2.90. The summed E-state index contributed by atoms with van der Waals surface area (Å²) >= 11 is 1.69. The Kier molecular flexibility index (Phi) is 4.63. The number of carbonyl (C=O) groups is 1. The van der Waals surface area contributed by atoms with Gasteiger partial charge in [0.25, 0.3) is 5.91 Å². The highest BCUT2D eigenvalue weighted by Gasteiger charge is 2.12. The molecule has 0 aliphatic heterocycles. The molecule has 0 aliphatic rings. The van der Waals surface area contributed by atoms with Gasteiger partial charge in [0.2, 0.25) is 0 Å². The standard InChI is InChI=1S/C15H19N3OS/c1-10(7-11-5-6-20-9-11)18-14-8-12(16)3-4-13(14)15(19)17-2/h3-6,8-10,18H,7,16H2,1-2H3,(H,17,19). The summed E-state index contributed by atoms with van der Waals surface area (Å²) in [6.07, 6.45) is 0.908. The first-order chi connectivity index (χ1) is 9.60. The number of amides is 1. The number of hydrogen-bond acceptors (Lipinski definition) is 4. The molecule has 5 heteroatoms. The van der Waals surface area contributed by atoms with Gasteiger partial charge >= 0.3 is 0 Å². The monoisotopic (exact) mass is 289 g/mol. The van der Waals surface area contributed by atoms with Gasteiger partial charge in [0, 0.05) is 24.5 Å². The van der Waals surface area contributed by atoms with Crippen LogP contribution in [0.3, 0.4) is 0 Å². The van der Waals surface area contributed by atoms with Gasteiger partial charge in [-0.3, -0.25) is 4.79 Å². The van der Waals surface area contributed by atoms with Gasteiger partial charge in [0.05, 0.1) is 5.56 Å². The summed E-state index contributed by atoms with van der Waals surface area (Å²) in [5.74, 6) is -0.116. The molecule has 20 heavy (non-hydrogen) atoms. The number of nitrogen functional groups attached to an aromatic ring is 1. The summed E-state index contributed by atoms with van der Waals surface area (Å²) in [5, 5.41) is 10.2. The number of carbonyl (C=O) groups excluding carboxylic acids is 1. The second-order valence-electron chi connectivity index (χ2n) is 4.77. The van der Waals surface area contributed by atoms with E-state index in [0.29, 0.717) is 11.3 Å². The minimum Gasteiger partial charge on any atom is -0.399 e. The topological polar surface area (TPSA) is 67.2 Å². The zero-order valence-corrected chi connectivity index (χ0v) is 12.5. The number of hydrogen-bond donors (Lipinski definition) is 3. The number of nitrogens with one attached hydrogen (secondary N) is 2. The van der Waals surface area contributed by atoms with Gasteiger partial charge in [-0.1, -0.05) is 0 Å². The maximum absolute atomic E-state index is 11.9. The molecule has 0 saturated carbocycles. The molecule has 0 fully saturated rings. The Labute approximate surface area is 123 Å². The van der Waals surface area contributed by atoms with Gasteiger partial charge in [-0.2, -0.15) is 11.3 Å². The van der Waals surface area contributed by atoms with Crippen LogP contribution in [0.15, 0.2) is 35.0 Å². The van der Waals surface area contributed by atoms with Crippen LogP contribution in [0.4, 0.5) is 11.4 Å². The molecule has 1 aromatic heterocycles. The van der Waals surface area contributed by atoms with Gasteiger partial charge < -0.3 is 16.4 Å². The molecule has 1 amide bonds. The second kappa shape index (κ2) is 6.43. The highest BCUT2D eigenvalue weighted by atomic mass is 32.1. The average molecular weight is 289 g/mol. The molecule has 1 aromatic carbocycles. The van der Waals surface area contributed by atoms with Crippen molar-refractivity contribution in [2.45, 2.75) is 19.4 Å². The highest BCUT2D eigenvalue weighted by Crippen LogP contribution is 2.21. The Morgan fingerprint density at radius 1 is 1.40 bits per heavy atom. The molecule has 2 aromatic rings. The molecule has 1 heterocycles. The third kappa shape index (κ3) is 3.51. The molecule has 0 spiro atoms. The Hall–Kier alpha value is -2.01. The summed E-state index contributed by atoms with van der Waals surface area (Å²) in [6, 6.07) is 7.61. The van der Waals surface area contributed by atoms with Crippen LogP contribution >= 0.6 is 11.3 Å². The van der Waals surface area contributed by atoms with Crippen molar-refractivity contribution in [3.8, 4) is 0 Å². The van der Waals surface area contributed by atoms with Crippen LogP contribution in [0.5, 0.6) is 0 Å². The van der Waals surface area contributed by atoms with E-state index in [1.807, 2.05) is 0 Å². The summed E-state index contributed by atoms with van der Waals surface area (Å²) in [7, 11) is 1.62. The quantitative estimate of drug-likeness (QED) is 0.741. The fraction of sp³-hybridized carbons (Fsp3) is 0.267. The highest BCUT2D eigenvalue weighted by molar-refractivity contribution is 7.07. The van der Waals surface area contributed by atoms with Gasteiger partial charge in [0.1, 0.15) is 0 Å². The molecule has 0 saturated heterocycles. The van der Waals surface area contributed by atoms with E-state index in [-0.39, 0.29) is 11.9 Å². The number of rotatable bonds is 5. The first kappa shape index (κ1) is 14.4. The van der Waals surface area contributed by atoms with Crippen molar-refractivity contribution in [1.82, 2.24) is 5.32 Å². The minimum atomic E-state index is -0.116. The van der Waals surface area contributed by atoms with Crippen LogP contribution in [0, 0.1) is 0 Å². The summed E-state index contributed by atoms with van der Waals surface area (Å²) in [5.41, 5.74) is 9.12. The van der Waals surface area contributed by atoms with E-state index in [0.717, 1.165) is 12.1 Å². The molecular weight excluding hydrogens is 270 g/mol. The largest absolute Gasteiger partial charge is 0.399 e. The summed E-state index contributed by atoms with van der Waals surface area (Å²) in [4.78, 5) is 11.9. The smallest absolute Gasteiger partial charge is 0.253 e. The molecule has 1 unspecified atom stereocenters. The Morgan fingerprint density at radius 2 is 2.20 bits per heavy atom. The SMILES string of the molecule is CNC(=O)c1ccc(N)cc1NC(C)Cc1ccsc1. The lowest BCUT2D eigenvalue weighted by Crippen LogP contribution is -2.23. The third-order valence-corrected chi connectivity index (χ3v) is 3.77. The molecule has 0 aliphatic carbocycles. The van der Waals surface area contributed by atoms with Crippen molar-refractivity contribution in [2.75, 3.05) is 18.1 Å². The van der Waals surface area contributed by atoms with Crippen molar-refractivity contribution in [2.24, 2.45) is 0 Å². The first-order valence-corrected chi connectivity index (χ1v) is 7.43. The van der Waals surface area contributed by atoms with E-state index >= 15 is 0 Å². The second-order valence-corrected chi connectivity index (χ2v) is 5.55. The molecule has 2 rings (SSSR count). The molecular formula is C15H19N3OS. The fourth-order valence-electron chi connectivity index (χ4n) is 2.09. The van der Waals surface area contributed by atoms with E-state index in [2.05, 4.69) is 34.4 Å². The van der Waals surface area contributed by atoms with Gasteiger partial charge in [0.15, 0.2) is 0 Å². The van der Waals surface area contributed by atoms with Crippen LogP contribution < -0.4 is 16.4 Å². The summed E-state index contributed by atoms with van der Waals surface area (Å²) < 4.78 is 0. The van der Waals surface area contributed by atoms with Crippen molar-refractivity contribution in [3.63, 3.8) is 0 Å². The lowest BCUT2D eigenvalue weighted by Gasteiger charge is -2.17. The predicted octanol–water partition coefficient (Wildman–Crippen LogP) is 2.73. The van der Waals surface area contributed by atoms with E-state index < -0.39 is 0 Å². The number of anilines is 2. The Balaban J connectivity index is 2.15. The molecule has 0 bridgehead atoms. The number of benzene rings is 1. The van der Waals surface area contributed by atoms with Crippen molar-refractivity contribution in [3.05, 3.63) is 46.2 Å². The fourth-order valence-corrected chi connectivity index (χ4v) is 2.77. The van der Waals surface area contributed by atoms with E-state index in [1.165, 1.54) is 5.56 Å². The first-order valence-electron chi connectivity index (χ1n) is 6.49. The van der Waals surface area contributed by atoms with Crippen LogP contribution in [0.25, 0.3) is 0 Å². The van der Waals surface area contributed by atoms with E-state index in [1.54, 1.807) is 36.6 Å². The molecule has 0 radical (unpaired) electrons. The summed E-state index contributed by atoms with van der Waals surface area (Å²) in [6.45, 7) is 2.09. The van der Waals surface area contributed by atoms with Crippen LogP contribution in [0.2, 0.25) is 0 Å². The molecule has 4 N–H and O–H groups in total.